The van der Waals surface area contributed by atoms with E-state index in [9.17, 15) is 26.4 Å². The second-order valence-electron chi connectivity index (χ2n) is 9.09. The minimum atomic E-state index is -3.77. The summed E-state index contributed by atoms with van der Waals surface area (Å²) in [4.78, 5) is 14.3. The van der Waals surface area contributed by atoms with E-state index in [0.717, 1.165) is 18.2 Å². The summed E-state index contributed by atoms with van der Waals surface area (Å²) in [6.07, 6.45) is -2.38. The maximum absolute atomic E-state index is 15.4. The van der Waals surface area contributed by atoms with Gasteiger partial charge in [-0.25, -0.2) is 26.0 Å². The Labute approximate surface area is 220 Å². The summed E-state index contributed by atoms with van der Waals surface area (Å²) in [6.45, 7) is -0.387. The molecular formula is C25H23F4N3O6S. The number of alkyl halides is 2. The van der Waals surface area contributed by atoms with E-state index < -0.39 is 58.3 Å². The van der Waals surface area contributed by atoms with Crippen LogP contribution in [0.2, 0.25) is 0 Å². The van der Waals surface area contributed by atoms with Gasteiger partial charge >= 0.3 is 0 Å². The van der Waals surface area contributed by atoms with E-state index in [4.69, 9.17) is 14.0 Å². The number of hydrogen-bond donors (Lipinski definition) is 0. The van der Waals surface area contributed by atoms with Crippen LogP contribution in [0.1, 0.15) is 24.1 Å². The van der Waals surface area contributed by atoms with E-state index in [0.29, 0.717) is 0 Å². The van der Waals surface area contributed by atoms with Gasteiger partial charge in [0.1, 0.15) is 36.0 Å². The molecule has 0 radical (unpaired) electrons. The van der Waals surface area contributed by atoms with Crippen LogP contribution in [0.15, 0.2) is 47.2 Å². The Morgan fingerprint density at radius 3 is 2.67 bits per heavy atom. The highest BCUT2D eigenvalue weighted by Gasteiger charge is 2.44. The number of anilines is 1. The van der Waals surface area contributed by atoms with Crippen molar-refractivity contribution in [3.05, 3.63) is 65.6 Å². The number of amides is 1. The Hall–Kier alpha value is -3.49. The number of carbonyl (C=O) groups is 1. The molecule has 2 fully saturated rings. The van der Waals surface area contributed by atoms with E-state index in [2.05, 4.69) is 5.16 Å². The van der Waals surface area contributed by atoms with Gasteiger partial charge in [-0.1, -0.05) is 23.4 Å². The van der Waals surface area contributed by atoms with Gasteiger partial charge in [-0.3, -0.25) is 4.79 Å². The number of sulfonamides is 1. The lowest BCUT2D eigenvalue weighted by Gasteiger charge is -2.46. The van der Waals surface area contributed by atoms with Gasteiger partial charge in [0.15, 0.2) is 0 Å². The molecule has 0 aliphatic carbocycles. The van der Waals surface area contributed by atoms with Crippen molar-refractivity contribution in [1.29, 1.82) is 0 Å². The number of aromatic nitrogens is 1. The summed E-state index contributed by atoms with van der Waals surface area (Å²) >= 11 is 0. The number of rotatable bonds is 7. The summed E-state index contributed by atoms with van der Waals surface area (Å²) in [5.74, 6) is -3.09. The van der Waals surface area contributed by atoms with Gasteiger partial charge in [0.2, 0.25) is 10.0 Å². The van der Waals surface area contributed by atoms with Crippen LogP contribution in [0.5, 0.6) is 5.75 Å². The molecule has 2 aliphatic rings. The Morgan fingerprint density at radius 1 is 1.18 bits per heavy atom. The second kappa shape index (κ2) is 10.6. The van der Waals surface area contributed by atoms with Crippen LogP contribution in [0.3, 0.4) is 0 Å². The minimum absolute atomic E-state index is 0.00309. The molecule has 1 aromatic heterocycles. The van der Waals surface area contributed by atoms with Gasteiger partial charge in [-0.05, 0) is 12.5 Å². The molecule has 3 heterocycles. The smallest absolute Gasteiger partial charge is 0.266 e. The molecule has 0 spiro atoms. The number of morpholine rings is 1. The highest BCUT2D eigenvalue weighted by Crippen LogP contribution is 2.41. The molecule has 0 unspecified atom stereocenters. The van der Waals surface area contributed by atoms with Crippen molar-refractivity contribution in [2.24, 2.45) is 0 Å². The van der Waals surface area contributed by atoms with Gasteiger partial charge in [-0.2, -0.15) is 4.31 Å². The zero-order chi connectivity index (χ0) is 27.9. The fourth-order valence-electron chi connectivity index (χ4n) is 4.95. The van der Waals surface area contributed by atoms with Crippen molar-refractivity contribution in [3.8, 4) is 16.9 Å². The number of fused-ring (bicyclic) bond motifs is 1. The Bertz CT molecular complexity index is 1490. The van der Waals surface area contributed by atoms with Crippen molar-refractivity contribution < 1.29 is 44.8 Å². The van der Waals surface area contributed by atoms with Crippen LogP contribution in [0.25, 0.3) is 11.1 Å². The topological polar surface area (TPSA) is 102 Å². The lowest BCUT2D eigenvalue weighted by Crippen LogP contribution is -2.62. The first-order valence-corrected chi connectivity index (χ1v) is 13.5. The summed E-state index contributed by atoms with van der Waals surface area (Å²) in [7, 11) is -2.50. The Kier molecular flexibility index (Phi) is 7.35. The zero-order valence-electron chi connectivity index (χ0n) is 20.5. The summed E-state index contributed by atoms with van der Waals surface area (Å²) in [5, 5.41) is 3.64. The number of methoxy groups -OCH3 is 1. The zero-order valence-corrected chi connectivity index (χ0v) is 21.3. The van der Waals surface area contributed by atoms with Crippen LogP contribution in [-0.2, 0) is 25.3 Å². The third-order valence-corrected chi connectivity index (χ3v) is 8.58. The molecular weight excluding hydrogens is 546 g/mol. The second-order valence-corrected chi connectivity index (χ2v) is 11.1. The molecule has 0 N–H and O–H groups in total. The van der Waals surface area contributed by atoms with Crippen LogP contribution in [0.4, 0.5) is 23.2 Å². The lowest BCUT2D eigenvalue weighted by atomic mass is 9.97. The standard InChI is InChI=1S/C25H23F4N3O6S/c1-36-21-9-17(15-3-2-4-16(24(15)27)25(28)29)18(26)10-20(21)32-19-5-7-31(11-22(19)37-12-23(32)33)39(34,35)13-14-6-8-38-30-14/h2-4,6,8-10,19,22,25H,5,7,11-13H2,1H3/t19-,22-/m0/s1. The molecule has 39 heavy (non-hydrogen) atoms. The van der Waals surface area contributed by atoms with Crippen molar-refractivity contribution in [3.63, 3.8) is 0 Å². The number of ether oxygens (including phenoxy) is 2. The third kappa shape index (κ3) is 5.11. The average molecular weight is 570 g/mol. The average Bonchev–Trinajstić information content (AvgIpc) is 3.41. The molecule has 14 heteroatoms. The Morgan fingerprint density at radius 2 is 1.97 bits per heavy atom. The quantitative estimate of drug-likeness (QED) is 0.398. The summed E-state index contributed by atoms with van der Waals surface area (Å²) < 4.78 is 99.4. The third-order valence-electron chi connectivity index (χ3n) is 6.81. The van der Waals surface area contributed by atoms with E-state index in [1.165, 1.54) is 40.8 Å². The predicted molar refractivity (Wildman–Crippen MR) is 130 cm³/mol. The van der Waals surface area contributed by atoms with E-state index in [1.54, 1.807) is 0 Å². The number of halogens is 4. The highest BCUT2D eigenvalue weighted by molar-refractivity contribution is 7.88. The van der Waals surface area contributed by atoms with Crippen LogP contribution in [-0.4, -0.2) is 62.7 Å². The largest absolute Gasteiger partial charge is 0.495 e. The van der Waals surface area contributed by atoms with Crippen molar-refractivity contribution in [2.45, 2.75) is 30.7 Å². The minimum Gasteiger partial charge on any atom is -0.495 e. The number of hydrogen-bond acceptors (Lipinski definition) is 7. The SMILES string of the molecule is COc1cc(-c2cccc(C(F)F)c2F)c(F)cc1N1C(=O)CO[C@H]2CN(S(=O)(=O)Cc3ccon3)CC[C@@H]21. The van der Waals surface area contributed by atoms with Crippen molar-refractivity contribution in [2.75, 3.05) is 31.7 Å². The van der Waals surface area contributed by atoms with Gasteiger partial charge in [0.25, 0.3) is 12.3 Å². The molecule has 2 aromatic carbocycles. The first kappa shape index (κ1) is 27.1. The van der Waals surface area contributed by atoms with Gasteiger partial charge in [-0.15, -0.1) is 0 Å². The normalized spacial score (nSPS) is 20.4. The molecule has 5 rings (SSSR count). The highest BCUT2D eigenvalue weighted by atomic mass is 32.2. The molecule has 2 aliphatic heterocycles. The molecule has 1 amide bonds. The maximum atomic E-state index is 15.4. The summed E-state index contributed by atoms with van der Waals surface area (Å²) in [6, 6.07) is 6.21. The number of nitrogens with zero attached hydrogens (tertiary/aromatic N) is 3. The van der Waals surface area contributed by atoms with Crippen molar-refractivity contribution in [1.82, 2.24) is 9.46 Å². The fourth-order valence-corrected chi connectivity index (χ4v) is 6.41. The Balaban J connectivity index is 1.45. The van der Waals surface area contributed by atoms with Crippen LogP contribution >= 0.6 is 0 Å². The van der Waals surface area contributed by atoms with Crippen LogP contribution < -0.4 is 9.64 Å². The first-order valence-electron chi connectivity index (χ1n) is 11.9. The molecule has 0 saturated carbocycles. The van der Waals surface area contributed by atoms with Crippen LogP contribution in [0, 0.1) is 11.6 Å². The molecule has 0 bridgehead atoms. The fraction of sp³-hybridized carbons (Fsp3) is 0.360. The van der Waals surface area contributed by atoms with Gasteiger partial charge in [0.05, 0.1) is 36.2 Å². The maximum Gasteiger partial charge on any atom is 0.266 e. The van der Waals surface area contributed by atoms with E-state index in [-0.39, 0.29) is 53.5 Å². The number of carbonyl (C=O) groups excluding carboxylic acids is 1. The van der Waals surface area contributed by atoms with E-state index >= 15 is 4.39 Å². The molecule has 3 aromatic rings. The van der Waals surface area contributed by atoms with Gasteiger partial charge in [0, 0.05) is 36.3 Å². The predicted octanol–water partition coefficient (Wildman–Crippen LogP) is 3.90. The number of benzene rings is 2. The monoisotopic (exact) mass is 569 g/mol. The first-order chi connectivity index (χ1) is 18.6. The number of piperidine rings is 1. The van der Waals surface area contributed by atoms with E-state index in [1.807, 2.05) is 0 Å². The molecule has 9 nitrogen and oxygen atoms in total. The molecule has 208 valence electrons. The molecule has 2 saturated heterocycles. The van der Waals surface area contributed by atoms with Crippen molar-refractivity contribution >= 4 is 21.6 Å². The molecule has 2 atom stereocenters. The summed E-state index contributed by atoms with van der Waals surface area (Å²) in [5.41, 5.74) is -1.29. The lowest BCUT2D eigenvalue weighted by molar-refractivity contribution is -0.134. The van der Waals surface area contributed by atoms with Gasteiger partial charge < -0.3 is 18.9 Å².